The number of amides is 1. The number of rotatable bonds is 4. The second-order valence-electron chi connectivity index (χ2n) is 7.03. The normalized spacial score (nSPS) is 17.6. The lowest BCUT2D eigenvalue weighted by molar-refractivity contribution is -0.132. The molecule has 0 aromatic carbocycles. The van der Waals surface area contributed by atoms with Gasteiger partial charge in [0.05, 0.1) is 11.6 Å². The van der Waals surface area contributed by atoms with Crippen LogP contribution in [0.1, 0.15) is 5.56 Å². The van der Waals surface area contributed by atoms with Crippen molar-refractivity contribution in [3.8, 4) is 0 Å². The first-order chi connectivity index (χ1) is 14.3. The van der Waals surface area contributed by atoms with Gasteiger partial charge in [0.2, 0.25) is 5.91 Å². The molecule has 3 aromatic rings. The van der Waals surface area contributed by atoms with Crippen molar-refractivity contribution in [1.82, 2.24) is 34.9 Å². The fraction of sp³-hybridized carbons (Fsp3) is 0.368. The molecule has 0 bridgehead atoms. The van der Waals surface area contributed by atoms with Crippen molar-refractivity contribution in [2.24, 2.45) is 0 Å². The summed E-state index contributed by atoms with van der Waals surface area (Å²) in [7, 11) is 0. The summed E-state index contributed by atoms with van der Waals surface area (Å²) >= 11 is 1.79. The fourth-order valence-corrected chi connectivity index (χ4v) is 4.62. The second kappa shape index (κ2) is 7.88. The van der Waals surface area contributed by atoms with Crippen molar-refractivity contribution in [2.45, 2.75) is 6.54 Å². The first-order valence-electron chi connectivity index (χ1n) is 9.68. The quantitative estimate of drug-likeness (QED) is 0.666. The number of carbonyl (C=O) groups excluding carboxylic acids is 1. The largest absolute Gasteiger partial charge is 0.346 e. The lowest BCUT2D eigenvalue weighted by atomic mass is 10.3. The van der Waals surface area contributed by atoms with Gasteiger partial charge in [0.15, 0.2) is 0 Å². The van der Waals surface area contributed by atoms with Crippen LogP contribution in [0.2, 0.25) is 0 Å². The Morgan fingerprint density at radius 2 is 2.10 bits per heavy atom. The maximum absolute atomic E-state index is 12.5. The Bertz CT molecular complexity index is 1050. The minimum absolute atomic E-state index is 0.115. The minimum Gasteiger partial charge on any atom is -0.346 e. The van der Waals surface area contributed by atoms with Gasteiger partial charge in [-0.15, -0.1) is 11.8 Å². The van der Waals surface area contributed by atoms with Crippen molar-refractivity contribution in [2.75, 3.05) is 43.4 Å². The number of fused-ring (bicyclic) bond motifs is 1. The van der Waals surface area contributed by atoms with Crippen LogP contribution in [0.4, 0.5) is 5.82 Å². The highest BCUT2D eigenvalue weighted by Gasteiger charge is 2.20. The van der Waals surface area contributed by atoms with E-state index in [4.69, 9.17) is 0 Å². The molecular weight excluding hydrogens is 388 g/mol. The Balaban J connectivity index is 1.34. The molecule has 0 spiro atoms. The van der Waals surface area contributed by atoms with Gasteiger partial charge in [-0.2, -0.15) is 5.10 Å². The average Bonchev–Trinajstić information content (AvgIpc) is 3.44. The standard InChI is InChI=1S/C19H22N8OS/c28-17(25-5-3-20-4-6-25)12-27-10-14(9-24-27)16-11-26(7-8-29-16)19-15-1-2-21-18(15)22-13-23-19/h1-2,9-11,13,20H,3-8,12H2,(H,21,22,23). The molecule has 2 aliphatic heterocycles. The molecule has 0 saturated carbocycles. The molecule has 5 heterocycles. The van der Waals surface area contributed by atoms with Crippen molar-refractivity contribution >= 4 is 39.4 Å². The average molecular weight is 411 g/mol. The van der Waals surface area contributed by atoms with E-state index in [1.807, 2.05) is 29.6 Å². The molecular formula is C19H22N8OS. The van der Waals surface area contributed by atoms with Gasteiger partial charge in [-0.05, 0) is 6.07 Å². The monoisotopic (exact) mass is 410 g/mol. The van der Waals surface area contributed by atoms with E-state index in [1.165, 1.54) is 0 Å². The number of aromatic nitrogens is 5. The van der Waals surface area contributed by atoms with Gasteiger partial charge in [-0.1, -0.05) is 0 Å². The van der Waals surface area contributed by atoms with Crippen LogP contribution < -0.4 is 10.2 Å². The number of anilines is 1. The van der Waals surface area contributed by atoms with Crippen LogP contribution in [-0.2, 0) is 11.3 Å². The molecule has 3 aromatic heterocycles. The molecule has 2 N–H and O–H groups in total. The van der Waals surface area contributed by atoms with Crippen LogP contribution in [0, 0.1) is 0 Å². The first kappa shape index (κ1) is 18.2. The summed E-state index contributed by atoms with van der Waals surface area (Å²) in [6.07, 6.45) is 9.37. The molecule has 9 nitrogen and oxygen atoms in total. The number of nitrogens with zero attached hydrogens (tertiary/aromatic N) is 6. The van der Waals surface area contributed by atoms with Gasteiger partial charge in [-0.3, -0.25) is 9.48 Å². The van der Waals surface area contributed by atoms with Crippen molar-refractivity contribution < 1.29 is 4.79 Å². The smallest absolute Gasteiger partial charge is 0.244 e. The van der Waals surface area contributed by atoms with E-state index >= 15 is 0 Å². The number of hydrogen-bond donors (Lipinski definition) is 2. The fourth-order valence-electron chi connectivity index (χ4n) is 3.64. The van der Waals surface area contributed by atoms with Gasteiger partial charge >= 0.3 is 0 Å². The van der Waals surface area contributed by atoms with E-state index in [1.54, 1.807) is 22.8 Å². The molecule has 29 heavy (non-hydrogen) atoms. The zero-order valence-corrected chi connectivity index (χ0v) is 16.7. The third-order valence-corrected chi connectivity index (χ3v) is 6.19. The Morgan fingerprint density at radius 1 is 1.21 bits per heavy atom. The highest BCUT2D eigenvalue weighted by Crippen LogP contribution is 2.34. The Morgan fingerprint density at radius 3 is 3.00 bits per heavy atom. The van der Waals surface area contributed by atoms with Crippen molar-refractivity contribution in [1.29, 1.82) is 0 Å². The maximum atomic E-state index is 12.5. The summed E-state index contributed by atoms with van der Waals surface area (Å²) in [5, 5.41) is 8.69. The number of aromatic amines is 1. The van der Waals surface area contributed by atoms with E-state index in [-0.39, 0.29) is 12.5 Å². The SMILES string of the molecule is O=C(Cn1cc(C2=CN(c3ncnc4[nH]ccc34)CCS2)cn1)N1CCNCC1. The van der Waals surface area contributed by atoms with Crippen molar-refractivity contribution in [3.05, 3.63) is 42.7 Å². The Kier molecular flexibility index (Phi) is 4.94. The van der Waals surface area contributed by atoms with E-state index < -0.39 is 0 Å². The van der Waals surface area contributed by atoms with Crippen LogP contribution >= 0.6 is 11.8 Å². The zero-order valence-electron chi connectivity index (χ0n) is 15.9. The number of hydrogen-bond acceptors (Lipinski definition) is 7. The third kappa shape index (κ3) is 3.73. The molecule has 10 heteroatoms. The van der Waals surface area contributed by atoms with E-state index in [0.29, 0.717) is 0 Å². The van der Waals surface area contributed by atoms with Gasteiger partial charge in [0.1, 0.15) is 24.3 Å². The summed E-state index contributed by atoms with van der Waals surface area (Å²) in [6, 6.07) is 2.00. The van der Waals surface area contributed by atoms with E-state index in [2.05, 4.69) is 36.5 Å². The molecule has 0 aliphatic carbocycles. The number of thioether (sulfide) groups is 1. The van der Waals surface area contributed by atoms with Gasteiger partial charge in [0.25, 0.3) is 0 Å². The number of H-pyrrole nitrogens is 1. The summed E-state index contributed by atoms with van der Waals surface area (Å²) in [5.74, 6) is 1.96. The summed E-state index contributed by atoms with van der Waals surface area (Å²) < 4.78 is 1.73. The molecule has 2 aliphatic rings. The number of piperazine rings is 1. The summed E-state index contributed by atoms with van der Waals surface area (Å²) in [4.78, 5) is 29.6. The summed E-state index contributed by atoms with van der Waals surface area (Å²) in [5.41, 5.74) is 1.86. The predicted octanol–water partition coefficient (Wildman–Crippen LogP) is 1.14. The van der Waals surface area contributed by atoms with Crippen LogP contribution in [0.25, 0.3) is 15.9 Å². The second-order valence-corrected chi connectivity index (χ2v) is 8.17. The number of carbonyl (C=O) groups is 1. The summed E-state index contributed by atoms with van der Waals surface area (Å²) in [6.45, 7) is 4.38. The maximum Gasteiger partial charge on any atom is 0.244 e. The van der Waals surface area contributed by atoms with Crippen LogP contribution in [0.5, 0.6) is 0 Å². The van der Waals surface area contributed by atoms with Crippen molar-refractivity contribution in [3.63, 3.8) is 0 Å². The molecule has 150 valence electrons. The van der Waals surface area contributed by atoms with Crippen LogP contribution in [-0.4, -0.2) is 74.0 Å². The molecule has 1 amide bonds. The number of nitrogens with one attached hydrogen (secondary N) is 2. The molecule has 1 saturated heterocycles. The predicted molar refractivity (Wildman–Crippen MR) is 113 cm³/mol. The van der Waals surface area contributed by atoms with E-state index in [9.17, 15) is 4.79 Å². The van der Waals surface area contributed by atoms with Gasteiger partial charge in [0, 0.05) is 67.5 Å². The lowest BCUT2D eigenvalue weighted by Crippen LogP contribution is -2.47. The molecule has 0 radical (unpaired) electrons. The third-order valence-electron chi connectivity index (χ3n) is 5.15. The molecule has 1 fully saturated rings. The molecule has 0 unspecified atom stereocenters. The zero-order chi connectivity index (χ0) is 19.6. The minimum atomic E-state index is 0.115. The lowest BCUT2D eigenvalue weighted by Gasteiger charge is -2.27. The highest BCUT2D eigenvalue weighted by molar-refractivity contribution is 8.08. The molecule has 0 atom stereocenters. The van der Waals surface area contributed by atoms with Crippen LogP contribution in [0.3, 0.4) is 0 Å². The Hall–Kier alpha value is -2.85. The van der Waals surface area contributed by atoms with Gasteiger partial charge in [-0.25, -0.2) is 9.97 Å². The first-order valence-corrected chi connectivity index (χ1v) is 10.7. The topological polar surface area (TPSA) is 95.0 Å². The van der Waals surface area contributed by atoms with E-state index in [0.717, 1.165) is 65.8 Å². The van der Waals surface area contributed by atoms with Crippen LogP contribution in [0.15, 0.2) is 37.2 Å². The Labute approximate surface area is 172 Å². The molecule has 5 rings (SSSR count). The highest BCUT2D eigenvalue weighted by atomic mass is 32.2. The van der Waals surface area contributed by atoms with Gasteiger partial charge < -0.3 is 20.1 Å².